The van der Waals surface area contributed by atoms with Gasteiger partial charge >= 0.3 is 0 Å². The summed E-state index contributed by atoms with van der Waals surface area (Å²) in [6, 6.07) is 13.5. The standard InChI is InChI=1S/C17H22N2S/c1-13(9-10-18)16-7-8-17(20-16)14-3-5-15(6-4-14)19-11-2-12-19/h3-8,13H,2,9-12,18H2,1H3. The minimum Gasteiger partial charge on any atom is -0.371 e. The Morgan fingerprint density at radius 3 is 2.50 bits per heavy atom. The third kappa shape index (κ3) is 2.74. The average Bonchev–Trinajstić information content (AvgIpc) is 2.87. The maximum absolute atomic E-state index is 5.65. The molecule has 1 fully saturated rings. The van der Waals surface area contributed by atoms with E-state index in [0.29, 0.717) is 5.92 Å². The Kier molecular flexibility index (Phi) is 4.08. The molecule has 2 N–H and O–H groups in total. The van der Waals surface area contributed by atoms with Crippen LogP contribution in [0.15, 0.2) is 36.4 Å². The lowest BCUT2D eigenvalue weighted by molar-refractivity contribution is 0.618. The van der Waals surface area contributed by atoms with Crippen LogP contribution in [-0.2, 0) is 0 Å². The van der Waals surface area contributed by atoms with Crippen molar-refractivity contribution < 1.29 is 0 Å². The number of nitrogens with two attached hydrogens (primary N) is 1. The summed E-state index contributed by atoms with van der Waals surface area (Å²) >= 11 is 1.90. The highest BCUT2D eigenvalue weighted by Crippen LogP contribution is 2.34. The van der Waals surface area contributed by atoms with Gasteiger partial charge < -0.3 is 10.6 Å². The highest BCUT2D eigenvalue weighted by Gasteiger charge is 2.14. The van der Waals surface area contributed by atoms with E-state index in [2.05, 4.69) is 48.2 Å². The van der Waals surface area contributed by atoms with E-state index in [1.807, 2.05) is 11.3 Å². The number of nitrogens with zero attached hydrogens (tertiary/aromatic N) is 1. The molecule has 0 spiro atoms. The van der Waals surface area contributed by atoms with E-state index >= 15 is 0 Å². The lowest BCUT2D eigenvalue weighted by Gasteiger charge is -2.33. The summed E-state index contributed by atoms with van der Waals surface area (Å²) in [6.45, 7) is 5.44. The molecule has 2 heterocycles. The Balaban J connectivity index is 1.75. The zero-order chi connectivity index (χ0) is 13.9. The van der Waals surface area contributed by atoms with Crippen molar-refractivity contribution in [2.45, 2.75) is 25.7 Å². The molecule has 0 aliphatic carbocycles. The molecule has 0 radical (unpaired) electrons. The Labute approximate surface area is 125 Å². The summed E-state index contributed by atoms with van der Waals surface area (Å²) in [7, 11) is 0. The van der Waals surface area contributed by atoms with Crippen LogP contribution in [0.4, 0.5) is 5.69 Å². The van der Waals surface area contributed by atoms with Crippen LogP contribution in [-0.4, -0.2) is 19.6 Å². The molecular formula is C17H22N2S. The van der Waals surface area contributed by atoms with Crippen LogP contribution in [0.5, 0.6) is 0 Å². The van der Waals surface area contributed by atoms with Crippen molar-refractivity contribution in [2.24, 2.45) is 5.73 Å². The predicted octanol–water partition coefficient (Wildman–Crippen LogP) is 4.08. The fourth-order valence-corrected chi connectivity index (χ4v) is 3.68. The van der Waals surface area contributed by atoms with E-state index in [-0.39, 0.29) is 0 Å². The van der Waals surface area contributed by atoms with E-state index in [1.165, 1.54) is 40.5 Å². The van der Waals surface area contributed by atoms with Gasteiger partial charge in [0.1, 0.15) is 0 Å². The number of thiophene rings is 1. The average molecular weight is 286 g/mol. The maximum atomic E-state index is 5.65. The second-order valence-electron chi connectivity index (χ2n) is 5.57. The fourth-order valence-electron chi connectivity index (χ4n) is 2.58. The lowest BCUT2D eigenvalue weighted by Crippen LogP contribution is -2.36. The van der Waals surface area contributed by atoms with E-state index < -0.39 is 0 Å². The van der Waals surface area contributed by atoms with Crippen LogP contribution in [0.1, 0.15) is 30.6 Å². The molecule has 0 bridgehead atoms. The van der Waals surface area contributed by atoms with Gasteiger partial charge in [0, 0.05) is 28.5 Å². The third-order valence-corrected chi connectivity index (χ3v) is 5.45. The van der Waals surface area contributed by atoms with Crippen molar-refractivity contribution in [1.29, 1.82) is 0 Å². The number of rotatable bonds is 5. The number of benzene rings is 1. The predicted molar refractivity (Wildman–Crippen MR) is 88.7 cm³/mol. The topological polar surface area (TPSA) is 29.3 Å². The minimum atomic E-state index is 0.569. The van der Waals surface area contributed by atoms with E-state index in [1.54, 1.807) is 0 Å². The van der Waals surface area contributed by atoms with Gasteiger partial charge in [0.05, 0.1) is 0 Å². The monoisotopic (exact) mass is 286 g/mol. The van der Waals surface area contributed by atoms with Crippen molar-refractivity contribution >= 4 is 17.0 Å². The van der Waals surface area contributed by atoms with Gasteiger partial charge in [-0.3, -0.25) is 0 Å². The summed E-state index contributed by atoms with van der Waals surface area (Å²) in [5, 5.41) is 0. The molecule has 20 heavy (non-hydrogen) atoms. The molecule has 1 unspecified atom stereocenters. The summed E-state index contributed by atoms with van der Waals surface area (Å²) in [4.78, 5) is 5.23. The van der Waals surface area contributed by atoms with Gasteiger partial charge in [0.25, 0.3) is 0 Å². The largest absolute Gasteiger partial charge is 0.371 e. The second kappa shape index (κ2) is 5.98. The molecule has 1 atom stereocenters. The first-order valence-corrected chi connectivity index (χ1v) is 8.25. The highest BCUT2D eigenvalue weighted by atomic mass is 32.1. The van der Waals surface area contributed by atoms with Gasteiger partial charge in [-0.1, -0.05) is 19.1 Å². The first-order chi connectivity index (χ1) is 9.78. The lowest BCUT2D eigenvalue weighted by atomic mass is 10.1. The first kappa shape index (κ1) is 13.7. The molecule has 0 amide bonds. The molecule has 1 aliphatic rings. The van der Waals surface area contributed by atoms with Crippen LogP contribution >= 0.6 is 11.3 Å². The zero-order valence-electron chi connectivity index (χ0n) is 12.0. The van der Waals surface area contributed by atoms with Crippen molar-refractivity contribution in [3.05, 3.63) is 41.3 Å². The molecule has 1 saturated heterocycles. The van der Waals surface area contributed by atoms with Crippen LogP contribution in [0.2, 0.25) is 0 Å². The minimum absolute atomic E-state index is 0.569. The molecule has 3 heteroatoms. The van der Waals surface area contributed by atoms with Crippen molar-refractivity contribution in [3.63, 3.8) is 0 Å². The molecule has 3 rings (SSSR count). The van der Waals surface area contributed by atoms with Crippen LogP contribution in [0, 0.1) is 0 Å². The molecule has 1 aromatic carbocycles. The van der Waals surface area contributed by atoms with E-state index in [9.17, 15) is 0 Å². The Hall–Kier alpha value is -1.32. The summed E-state index contributed by atoms with van der Waals surface area (Å²) in [5.41, 5.74) is 8.33. The third-order valence-electron chi connectivity index (χ3n) is 4.09. The normalized spacial score (nSPS) is 16.0. The summed E-state index contributed by atoms with van der Waals surface area (Å²) < 4.78 is 0. The van der Waals surface area contributed by atoms with E-state index in [4.69, 9.17) is 5.73 Å². The van der Waals surface area contributed by atoms with Crippen molar-refractivity contribution in [2.75, 3.05) is 24.5 Å². The number of anilines is 1. The Bertz CT molecular complexity index is 555. The van der Waals surface area contributed by atoms with Gasteiger partial charge in [-0.05, 0) is 55.1 Å². The molecule has 106 valence electrons. The van der Waals surface area contributed by atoms with Gasteiger partial charge in [0.15, 0.2) is 0 Å². The number of hydrogen-bond donors (Lipinski definition) is 1. The Morgan fingerprint density at radius 1 is 1.15 bits per heavy atom. The number of hydrogen-bond acceptors (Lipinski definition) is 3. The SMILES string of the molecule is CC(CCN)c1ccc(-c2ccc(N3CCC3)cc2)s1. The van der Waals surface area contributed by atoms with Gasteiger partial charge in [0.2, 0.25) is 0 Å². The van der Waals surface area contributed by atoms with Crippen LogP contribution in [0.25, 0.3) is 10.4 Å². The second-order valence-corrected chi connectivity index (χ2v) is 6.68. The highest BCUT2D eigenvalue weighted by molar-refractivity contribution is 7.15. The molecule has 2 nitrogen and oxygen atoms in total. The molecule has 1 aliphatic heterocycles. The quantitative estimate of drug-likeness (QED) is 0.897. The zero-order valence-corrected chi connectivity index (χ0v) is 12.8. The van der Waals surface area contributed by atoms with Crippen LogP contribution in [0.3, 0.4) is 0 Å². The Morgan fingerprint density at radius 2 is 1.90 bits per heavy atom. The first-order valence-electron chi connectivity index (χ1n) is 7.43. The summed E-state index contributed by atoms with van der Waals surface area (Å²) in [6.07, 6.45) is 2.39. The smallest absolute Gasteiger partial charge is 0.0366 e. The fraction of sp³-hybridized carbons (Fsp3) is 0.412. The molecule has 2 aromatic rings. The van der Waals surface area contributed by atoms with E-state index in [0.717, 1.165) is 13.0 Å². The van der Waals surface area contributed by atoms with Crippen molar-refractivity contribution in [3.8, 4) is 10.4 Å². The van der Waals surface area contributed by atoms with Crippen LogP contribution < -0.4 is 10.6 Å². The molecular weight excluding hydrogens is 264 g/mol. The molecule has 0 saturated carbocycles. The van der Waals surface area contributed by atoms with Crippen molar-refractivity contribution in [1.82, 2.24) is 0 Å². The maximum Gasteiger partial charge on any atom is 0.0366 e. The van der Waals surface area contributed by atoms with Gasteiger partial charge in [-0.15, -0.1) is 11.3 Å². The summed E-state index contributed by atoms with van der Waals surface area (Å²) in [5.74, 6) is 0.569. The molecule has 1 aromatic heterocycles. The van der Waals surface area contributed by atoms with Gasteiger partial charge in [-0.2, -0.15) is 0 Å². The van der Waals surface area contributed by atoms with Gasteiger partial charge in [-0.25, -0.2) is 0 Å².